The highest BCUT2D eigenvalue weighted by molar-refractivity contribution is 5.66. The van der Waals surface area contributed by atoms with Crippen LogP contribution < -0.4 is 0 Å². The van der Waals surface area contributed by atoms with Crippen LogP contribution in [-0.2, 0) is 4.79 Å². The number of rotatable bonds is 11. The summed E-state index contributed by atoms with van der Waals surface area (Å²) in [4.78, 5) is 21.2. The zero-order valence-corrected chi connectivity index (χ0v) is 20.5. The van der Waals surface area contributed by atoms with Crippen molar-refractivity contribution < 1.29 is 4.79 Å². The van der Waals surface area contributed by atoms with Gasteiger partial charge in [-0.1, -0.05) is 19.1 Å². The van der Waals surface area contributed by atoms with Crippen LogP contribution in [0.3, 0.4) is 0 Å². The Morgan fingerprint density at radius 1 is 1.33 bits per heavy atom. The predicted octanol–water partition coefficient (Wildman–Crippen LogP) is 3.70. The maximum absolute atomic E-state index is 11.5. The number of piperazine rings is 1. The van der Waals surface area contributed by atoms with Crippen molar-refractivity contribution in [3.05, 3.63) is 53.6 Å². The molecule has 3 rings (SSSR count). The number of aldehydes is 1. The van der Waals surface area contributed by atoms with E-state index in [-0.39, 0.29) is 6.04 Å². The number of aromatic nitrogens is 1. The molecule has 0 N–H and O–H groups in total. The number of pyridine rings is 1. The molecule has 7 nitrogen and oxygen atoms in total. The van der Waals surface area contributed by atoms with Crippen molar-refractivity contribution >= 4 is 6.29 Å². The lowest BCUT2D eigenvalue weighted by atomic mass is 10.0. The lowest BCUT2D eigenvalue weighted by Gasteiger charge is -2.46. The van der Waals surface area contributed by atoms with Crippen molar-refractivity contribution in [2.75, 3.05) is 40.3 Å². The number of nitriles is 1. The zero-order valence-electron chi connectivity index (χ0n) is 20.5. The van der Waals surface area contributed by atoms with E-state index in [0.29, 0.717) is 19.0 Å². The minimum absolute atomic E-state index is 0.264. The van der Waals surface area contributed by atoms with Crippen LogP contribution in [0.4, 0.5) is 0 Å². The Labute approximate surface area is 198 Å². The second-order valence-electron chi connectivity index (χ2n) is 9.20. The van der Waals surface area contributed by atoms with Gasteiger partial charge in [0.15, 0.2) is 0 Å². The molecular formula is C26H38N6O. The third kappa shape index (κ3) is 6.66. The molecule has 178 valence electrons. The number of hydrogen-bond donors (Lipinski definition) is 0. The molecule has 2 heterocycles. The topological polar surface area (TPSA) is 66.7 Å². The van der Waals surface area contributed by atoms with Gasteiger partial charge in [-0.05, 0) is 49.8 Å². The second-order valence-corrected chi connectivity index (χ2v) is 9.20. The summed E-state index contributed by atoms with van der Waals surface area (Å²) in [6.07, 6.45) is 12.4. The van der Waals surface area contributed by atoms with Gasteiger partial charge in [-0.2, -0.15) is 5.26 Å². The summed E-state index contributed by atoms with van der Waals surface area (Å²) in [6.45, 7) is 7.77. The molecule has 2 unspecified atom stereocenters. The van der Waals surface area contributed by atoms with Crippen LogP contribution in [-0.4, -0.2) is 77.4 Å². The Morgan fingerprint density at radius 2 is 2.12 bits per heavy atom. The Bertz CT molecular complexity index is 868. The van der Waals surface area contributed by atoms with Crippen LogP contribution in [0.15, 0.2) is 42.4 Å². The monoisotopic (exact) mass is 450 g/mol. The minimum atomic E-state index is 0.264. The van der Waals surface area contributed by atoms with Gasteiger partial charge in [-0.25, -0.2) is 5.01 Å². The van der Waals surface area contributed by atoms with Crippen molar-refractivity contribution in [2.45, 2.75) is 57.5 Å². The summed E-state index contributed by atoms with van der Waals surface area (Å²) < 4.78 is 0. The smallest absolute Gasteiger partial charge is 0.144 e. The van der Waals surface area contributed by atoms with E-state index < -0.39 is 0 Å². The fraction of sp³-hybridized carbons (Fsp3) is 0.577. The first-order chi connectivity index (χ1) is 16.0. The average molecular weight is 451 g/mol. The van der Waals surface area contributed by atoms with Gasteiger partial charge in [-0.15, -0.1) is 0 Å². The van der Waals surface area contributed by atoms with Crippen molar-refractivity contribution in [2.24, 2.45) is 0 Å². The zero-order chi connectivity index (χ0) is 23.8. The van der Waals surface area contributed by atoms with Gasteiger partial charge < -0.3 is 9.91 Å². The molecule has 0 spiro atoms. The molecule has 0 radical (unpaired) electrons. The van der Waals surface area contributed by atoms with Crippen molar-refractivity contribution in [3.8, 4) is 6.07 Å². The Hall–Kier alpha value is -2.69. The van der Waals surface area contributed by atoms with Crippen LogP contribution >= 0.6 is 0 Å². The van der Waals surface area contributed by atoms with Gasteiger partial charge in [0.1, 0.15) is 6.29 Å². The number of hydrazine groups is 1. The summed E-state index contributed by atoms with van der Waals surface area (Å²) in [5.74, 6) is 0.731. The Balaban J connectivity index is 1.68. The molecule has 1 saturated carbocycles. The summed E-state index contributed by atoms with van der Waals surface area (Å²) in [7, 11) is 3.93. The molecule has 0 amide bonds. The molecule has 2 aliphatic rings. The first-order valence-electron chi connectivity index (χ1n) is 12.1. The van der Waals surface area contributed by atoms with E-state index >= 15 is 0 Å². The van der Waals surface area contributed by atoms with Crippen LogP contribution in [0.2, 0.25) is 0 Å². The van der Waals surface area contributed by atoms with E-state index in [1.54, 1.807) is 6.08 Å². The lowest BCUT2D eigenvalue weighted by Crippen LogP contribution is -2.54. The van der Waals surface area contributed by atoms with Crippen LogP contribution in [0.1, 0.15) is 62.7 Å². The van der Waals surface area contributed by atoms with Crippen LogP contribution in [0.25, 0.3) is 0 Å². The summed E-state index contributed by atoms with van der Waals surface area (Å²) in [5, 5.41) is 12.8. The SMILES string of the molecule is CCC1CN(C(C)c2ccc(C3CC3)cn2)CCN1/C(=C/C=O)CN(/C=C/CC#N)N(C)C. The van der Waals surface area contributed by atoms with E-state index in [1.807, 2.05) is 36.4 Å². The van der Waals surface area contributed by atoms with Gasteiger partial charge in [-0.3, -0.25) is 14.7 Å². The average Bonchev–Trinajstić information content (AvgIpc) is 3.68. The maximum atomic E-state index is 11.5. The highest BCUT2D eigenvalue weighted by atomic mass is 16.1. The molecule has 7 heteroatoms. The number of hydrogen-bond acceptors (Lipinski definition) is 7. The summed E-state index contributed by atoms with van der Waals surface area (Å²) >= 11 is 0. The normalized spacial score (nSPS) is 20.8. The molecule has 1 aliphatic carbocycles. The standard InChI is InChI=1S/C26H38N6O/c1-5-24-19-30(21(2)26-11-10-23(18-28-26)22-8-9-22)15-16-32(24)25(12-17-33)20-31(29(3)4)14-7-6-13-27/h7,10-12,14,17-18,21-22,24H,5-6,8-9,15-16,19-20H2,1-4H3/b14-7+,25-12+. The minimum Gasteiger partial charge on any atom is -0.368 e. The fourth-order valence-electron chi connectivity index (χ4n) is 4.51. The quantitative estimate of drug-likeness (QED) is 0.289. The molecule has 2 fully saturated rings. The van der Waals surface area contributed by atoms with E-state index in [2.05, 4.69) is 48.0 Å². The molecule has 1 aromatic rings. The molecule has 1 saturated heterocycles. The van der Waals surface area contributed by atoms with Crippen LogP contribution in [0.5, 0.6) is 0 Å². The molecule has 2 atom stereocenters. The first kappa shape index (κ1) is 24.9. The number of carbonyl (C=O) groups is 1. The fourth-order valence-corrected chi connectivity index (χ4v) is 4.51. The Morgan fingerprint density at radius 3 is 2.70 bits per heavy atom. The molecular weight excluding hydrogens is 412 g/mol. The molecule has 0 bridgehead atoms. The highest BCUT2D eigenvalue weighted by Gasteiger charge is 2.31. The van der Waals surface area contributed by atoms with Gasteiger partial charge in [0.05, 0.1) is 24.7 Å². The summed E-state index contributed by atoms with van der Waals surface area (Å²) in [5.41, 5.74) is 3.51. The van der Waals surface area contributed by atoms with Crippen LogP contribution in [0, 0.1) is 11.3 Å². The molecule has 1 aromatic heterocycles. The van der Waals surface area contributed by atoms with Gasteiger partial charge >= 0.3 is 0 Å². The van der Waals surface area contributed by atoms with Crippen molar-refractivity contribution in [1.82, 2.24) is 24.8 Å². The first-order valence-corrected chi connectivity index (χ1v) is 12.1. The van der Waals surface area contributed by atoms with E-state index in [9.17, 15) is 4.79 Å². The van der Waals surface area contributed by atoms with Gasteiger partial charge in [0, 0.05) is 63.9 Å². The maximum Gasteiger partial charge on any atom is 0.144 e. The van der Waals surface area contributed by atoms with E-state index in [0.717, 1.165) is 49.7 Å². The third-order valence-corrected chi connectivity index (χ3v) is 6.77. The van der Waals surface area contributed by atoms with E-state index in [1.165, 1.54) is 18.4 Å². The van der Waals surface area contributed by atoms with Crippen molar-refractivity contribution in [3.63, 3.8) is 0 Å². The van der Waals surface area contributed by atoms with E-state index in [4.69, 9.17) is 10.2 Å². The highest BCUT2D eigenvalue weighted by Crippen LogP contribution is 2.40. The summed E-state index contributed by atoms with van der Waals surface area (Å²) in [6, 6.07) is 7.18. The van der Waals surface area contributed by atoms with Gasteiger partial charge in [0.2, 0.25) is 0 Å². The molecule has 33 heavy (non-hydrogen) atoms. The number of carbonyl (C=O) groups excluding carboxylic acids is 1. The molecule has 0 aromatic carbocycles. The number of allylic oxidation sites excluding steroid dienone is 2. The van der Waals surface area contributed by atoms with Crippen molar-refractivity contribution in [1.29, 1.82) is 5.26 Å². The Kier molecular flexibility index (Phi) is 9.04. The number of nitrogens with zero attached hydrogens (tertiary/aromatic N) is 6. The lowest BCUT2D eigenvalue weighted by molar-refractivity contribution is -0.104. The molecule has 1 aliphatic heterocycles. The van der Waals surface area contributed by atoms with Gasteiger partial charge in [0.25, 0.3) is 0 Å². The largest absolute Gasteiger partial charge is 0.368 e. The second kappa shape index (κ2) is 12.0. The third-order valence-electron chi connectivity index (χ3n) is 6.77. The predicted molar refractivity (Wildman–Crippen MR) is 131 cm³/mol.